The summed E-state index contributed by atoms with van der Waals surface area (Å²) in [6, 6.07) is 6.98. The van der Waals surface area contributed by atoms with E-state index in [1.54, 1.807) is 18.2 Å². The van der Waals surface area contributed by atoms with Crippen LogP contribution in [-0.2, 0) is 24.3 Å². The first-order valence-electron chi connectivity index (χ1n) is 8.96. The molecule has 0 unspecified atom stereocenters. The number of amides is 2. The average molecular weight is 356 g/mol. The molecule has 2 rings (SSSR count). The summed E-state index contributed by atoms with van der Waals surface area (Å²) in [4.78, 5) is 23.4. The van der Waals surface area contributed by atoms with Crippen LogP contribution in [0, 0.1) is 19.8 Å². The lowest BCUT2D eigenvalue weighted by Gasteiger charge is -2.08. The normalized spacial score (nSPS) is 11.0. The van der Waals surface area contributed by atoms with E-state index in [1.165, 1.54) is 0 Å². The Hall–Kier alpha value is -2.63. The summed E-state index contributed by atoms with van der Waals surface area (Å²) in [5.41, 5.74) is 9.85. The number of aromatic nitrogens is 2. The monoisotopic (exact) mass is 356 g/mol. The van der Waals surface area contributed by atoms with Crippen molar-refractivity contribution in [3.8, 4) is 0 Å². The van der Waals surface area contributed by atoms with Crippen molar-refractivity contribution < 1.29 is 9.59 Å². The Labute approximate surface area is 154 Å². The second kappa shape index (κ2) is 8.65. The molecule has 1 heterocycles. The summed E-state index contributed by atoms with van der Waals surface area (Å²) in [7, 11) is 0. The summed E-state index contributed by atoms with van der Waals surface area (Å²) >= 11 is 0. The minimum atomic E-state index is -0.470. The van der Waals surface area contributed by atoms with E-state index in [1.807, 2.05) is 17.7 Å². The molecule has 0 saturated heterocycles. The second-order valence-electron chi connectivity index (χ2n) is 7.07. The standard InChI is InChI=1S/C20H28N4O2/c1-13(2)12-24-15(4)18(14(3)23-24)8-9-19(25)22-11-16-6-5-7-17(10-16)20(21)26/h5-7,10,13H,8-9,11-12H2,1-4H3,(H2,21,26)(H,22,25). The van der Waals surface area contributed by atoms with Gasteiger partial charge in [-0.25, -0.2) is 0 Å². The van der Waals surface area contributed by atoms with E-state index < -0.39 is 5.91 Å². The molecule has 3 N–H and O–H groups in total. The third kappa shape index (κ3) is 5.18. The quantitative estimate of drug-likeness (QED) is 0.761. The Kier molecular flexibility index (Phi) is 6.55. The van der Waals surface area contributed by atoms with Gasteiger partial charge in [0.05, 0.1) is 5.69 Å². The lowest BCUT2D eigenvalue weighted by molar-refractivity contribution is -0.121. The van der Waals surface area contributed by atoms with Crippen molar-refractivity contribution in [1.82, 2.24) is 15.1 Å². The van der Waals surface area contributed by atoms with Gasteiger partial charge in [-0.15, -0.1) is 0 Å². The molecule has 0 aliphatic rings. The third-order valence-corrected chi connectivity index (χ3v) is 4.37. The molecular formula is C20H28N4O2. The highest BCUT2D eigenvalue weighted by molar-refractivity contribution is 5.92. The Morgan fingerprint density at radius 2 is 2.00 bits per heavy atom. The molecule has 0 aliphatic carbocycles. The number of benzene rings is 1. The SMILES string of the molecule is Cc1nn(CC(C)C)c(C)c1CCC(=O)NCc1cccc(C(N)=O)c1. The lowest BCUT2D eigenvalue weighted by Crippen LogP contribution is -2.23. The zero-order valence-corrected chi connectivity index (χ0v) is 16.0. The van der Waals surface area contributed by atoms with E-state index in [0.29, 0.717) is 30.9 Å². The average Bonchev–Trinajstić information content (AvgIpc) is 2.84. The molecule has 0 radical (unpaired) electrons. The van der Waals surface area contributed by atoms with Crippen LogP contribution in [0.5, 0.6) is 0 Å². The van der Waals surface area contributed by atoms with Gasteiger partial charge in [0.1, 0.15) is 0 Å². The Bertz CT molecular complexity index is 793. The number of nitrogens with two attached hydrogens (primary N) is 1. The van der Waals surface area contributed by atoms with Gasteiger partial charge < -0.3 is 11.1 Å². The summed E-state index contributed by atoms with van der Waals surface area (Å²) in [5, 5.41) is 7.48. The Morgan fingerprint density at radius 1 is 1.27 bits per heavy atom. The van der Waals surface area contributed by atoms with E-state index in [9.17, 15) is 9.59 Å². The first-order chi connectivity index (χ1) is 12.3. The van der Waals surface area contributed by atoms with Crippen molar-refractivity contribution in [2.75, 3.05) is 0 Å². The molecule has 1 aromatic carbocycles. The minimum Gasteiger partial charge on any atom is -0.366 e. The Balaban J connectivity index is 1.90. The van der Waals surface area contributed by atoms with Gasteiger partial charge in [0.2, 0.25) is 11.8 Å². The number of nitrogens with zero attached hydrogens (tertiary/aromatic N) is 2. The number of hydrogen-bond donors (Lipinski definition) is 2. The maximum Gasteiger partial charge on any atom is 0.248 e. The predicted molar refractivity (Wildman–Crippen MR) is 102 cm³/mol. The fourth-order valence-electron chi connectivity index (χ4n) is 2.98. The van der Waals surface area contributed by atoms with Crippen LogP contribution in [0.3, 0.4) is 0 Å². The van der Waals surface area contributed by atoms with Gasteiger partial charge in [0.15, 0.2) is 0 Å². The zero-order chi connectivity index (χ0) is 19.3. The van der Waals surface area contributed by atoms with Crippen molar-refractivity contribution in [1.29, 1.82) is 0 Å². The van der Waals surface area contributed by atoms with Gasteiger partial charge in [-0.05, 0) is 49.4 Å². The lowest BCUT2D eigenvalue weighted by atomic mass is 10.1. The summed E-state index contributed by atoms with van der Waals surface area (Å²) in [6.07, 6.45) is 1.08. The van der Waals surface area contributed by atoms with Crippen molar-refractivity contribution >= 4 is 11.8 Å². The van der Waals surface area contributed by atoms with Crippen molar-refractivity contribution in [3.63, 3.8) is 0 Å². The molecule has 0 saturated carbocycles. The number of nitrogens with one attached hydrogen (secondary N) is 1. The molecule has 6 nitrogen and oxygen atoms in total. The highest BCUT2D eigenvalue weighted by atomic mass is 16.1. The topological polar surface area (TPSA) is 90.0 Å². The van der Waals surface area contributed by atoms with Crippen molar-refractivity contribution in [2.45, 2.75) is 53.6 Å². The minimum absolute atomic E-state index is 0.0233. The highest BCUT2D eigenvalue weighted by Crippen LogP contribution is 2.16. The van der Waals surface area contributed by atoms with Gasteiger partial charge in [0.25, 0.3) is 0 Å². The maximum absolute atomic E-state index is 12.2. The maximum atomic E-state index is 12.2. The molecule has 140 valence electrons. The van der Waals surface area contributed by atoms with E-state index in [4.69, 9.17) is 5.73 Å². The van der Waals surface area contributed by atoms with E-state index in [2.05, 4.69) is 31.2 Å². The molecule has 2 amide bonds. The van der Waals surface area contributed by atoms with Crippen LogP contribution in [0.15, 0.2) is 24.3 Å². The fourth-order valence-corrected chi connectivity index (χ4v) is 2.98. The van der Waals surface area contributed by atoms with Crippen LogP contribution in [-0.4, -0.2) is 21.6 Å². The van der Waals surface area contributed by atoms with Gasteiger partial charge in [-0.2, -0.15) is 5.10 Å². The van der Waals surface area contributed by atoms with Crippen LogP contribution in [0.4, 0.5) is 0 Å². The number of primary amides is 1. The van der Waals surface area contributed by atoms with Crippen LogP contribution in [0.2, 0.25) is 0 Å². The Morgan fingerprint density at radius 3 is 2.65 bits per heavy atom. The molecule has 1 aromatic heterocycles. The molecule has 0 fully saturated rings. The van der Waals surface area contributed by atoms with Gasteiger partial charge in [-0.3, -0.25) is 14.3 Å². The van der Waals surface area contributed by atoms with Crippen LogP contribution < -0.4 is 11.1 Å². The van der Waals surface area contributed by atoms with Gasteiger partial charge in [0, 0.05) is 30.8 Å². The molecule has 26 heavy (non-hydrogen) atoms. The number of aryl methyl sites for hydroxylation is 1. The molecule has 0 spiro atoms. The number of carbonyl (C=O) groups is 2. The van der Waals surface area contributed by atoms with E-state index in [-0.39, 0.29) is 5.91 Å². The summed E-state index contributed by atoms with van der Waals surface area (Å²) in [5.74, 6) is 0.0349. The summed E-state index contributed by atoms with van der Waals surface area (Å²) in [6.45, 7) is 9.64. The number of carbonyl (C=O) groups excluding carboxylic acids is 2. The molecule has 2 aromatic rings. The first kappa shape index (κ1) is 19.7. The van der Waals surface area contributed by atoms with Crippen LogP contribution in [0.1, 0.15) is 53.1 Å². The molecular weight excluding hydrogens is 328 g/mol. The van der Waals surface area contributed by atoms with Crippen molar-refractivity contribution in [2.24, 2.45) is 11.7 Å². The van der Waals surface area contributed by atoms with Gasteiger partial charge in [-0.1, -0.05) is 26.0 Å². The van der Waals surface area contributed by atoms with Crippen LogP contribution >= 0.6 is 0 Å². The molecule has 0 atom stereocenters. The number of rotatable bonds is 8. The van der Waals surface area contributed by atoms with E-state index in [0.717, 1.165) is 29.1 Å². The van der Waals surface area contributed by atoms with Crippen LogP contribution in [0.25, 0.3) is 0 Å². The molecule has 6 heteroatoms. The second-order valence-corrected chi connectivity index (χ2v) is 7.07. The number of hydrogen-bond acceptors (Lipinski definition) is 3. The molecule has 0 aliphatic heterocycles. The highest BCUT2D eigenvalue weighted by Gasteiger charge is 2.14. The fraction of sp³-hybridized carbons (Fsp3) is 0.450. The predicted octanol–water partition coefficient (Wildman–Crippen LogP) is 2.50. The smallest absolute Gasteiger partial charge is 0.248 e. The zero-order valence-electron chi connectivity index (χ0n) is 16.0. The van der Waals surface area contributed by atoms with E-state index >= 15 is 0 Å². The largest absolute Gasteiger partial charge is 0.366 e. The first-order valence-corrected chi connectivity index (χ1v) is 8.96. The van der Waals surface area contributed by atoms with Crippen molar-refractivity contribution in [3.05, 3.63) is 52.3 Å². The van der Waals surface area contributed by atoms with Gasteiger partial charge >= 0.3 is 0 Å². The third-order valence-electron chi connectivity index (χ3n) is 4.37. The molecule has 0 bridgehead atoms. The summed E-state index contributed by atoms with van der Waals surface area (Å²) < 4.78 is 2.03.